The maximum Gasteiger partial charge on any atom is 0.269 e. The minimum Gasteiger partial charge on any atom is -0.382 e. The van der Waals surface area contributed by atoms with Crippen molar-refractivity contribution in [2.75, 3.05) is 5.73 Å². The van der Waals surface area contributed by atoms with Gasteiger partial charge < -0.3 is 5.73 Å². The van der Waals surface area contributed by atoms with Gasteiger partial charge in [-0.05, 0) is 31.2 Å². The van der Waals surface area contributed by atoms with Crippen molar-refractivity contribution < 1.29 is 4.92 Å². The van der Waals surface area contributed by atoms with Crippen LogP contribution in [0, 0.1) is 17.0 Å². The number of hydrogen-bond donors (Lipinski definition) is 2. The fourth-order valence-electron chi connectivity index (χ4n) is 2.64. The fourth-order valence-corrected chi connectivity index (χ4v) is 2.64. The summed E-state index contributed by atoms with van der Waals surface area (Å²) in [4.78, 5) is 14.7. The van der Waals surface area contributed by atoms with Crippen molar-refractivity contribution in [3.8, 4) is 0 Å². The Hall–Kier alpha value is -4.41. The van der Waals surface area contributed by atoms with Gasteiger partial charge in [-0.15, -0.1) is 15.3 Å². The van der Waals surface area contributed by atoms with E-state index in [1.165, 1.54) is 24.3 Å². The Morgan fingerprint density at radius 1 is 1.00 bits per heavy atom. The zero-order valence-corrected chi connectivity index (χ0v) is 15.2. The van der Waals surface area contributed by atoms with Gasteiger partial charge >= 0.3 is 0 Å². The number of nitro groups is 1. The van der Waals surface area contributed by atoms with Crippen LogP contribution in [0.15, 0.2) is 75.1 Å². The molecule has 11 nitrogen and oxygen atoms in total. The van der Waals surface area contributed by atoms with Crippen LogP contribution in [0.4, 0.5) is 34.4 Å². The second-order valence-electron chi connectivity index (χ2n) is 6.06. The van der Waals surface area contributed by atoms with E-state index in [0.717, 1.165) is 0 Å². The number of nitrogens with zero attached hydrogens (tertiary/aromatic N) is 7. The zero-order valence-electron chi connectivity index (χ0n) is 15.2. The Balaban J connectivity index is 1.66. The number of azo groups is 2. The van der Waals surface area contributed by atoms with Crippen molar-refractivity contribution in [1.29, 1.82) is 0 Å². The van der Waals surface area contributed by atoms with Crippen LogP contribution < -0.4 is 5.73 Å². The Morgan fingerprint density at radius 2 is 1.66 bits per heavy atom. The lowest BCUT2D eigenvalue weighted by Gasteiger charge is -1.94. The van der Waals surface area contributed by atoms with Crippen LogP contribution in [0.25, 0.3) is 5.65 Å². The van der Waals surface area contributed by atoms with Crippen LogP contribution in [0.5, 0.6) is 0 Å². The molecule has 4 aromatic rings. The van der Waals surface area contributed by atoms with Crippen molar-refractivity contribution in [3.63, 3.8) is 0 Å². The molecule has 2 aromatic carbocycles. The van der Waals surface area contributed by atoms with Gasteiger partial charge in [0.25, 0.3) is 5.69 Å². The SMILES string of the molecule is Cc1nc2c(N=Nc3ccccc3)c(N)[nH]n2c1N=Nc1ccc([N+](=O)[O-])cc1. The monoisotopic (exact) mass is 389 g/mol. The highest BCUT2D eigenvalue weighted by atomic mass is 16.6. The number of aromatic nitrogens is 3. The summed E-state index contributed by atoms with van der Waals surface area (Å²) in [5.74, 6) is 0.727. The number of non-ortho nitro benzene ring substituents is 1. The molecule has 0 aliphatic heterocycles. The van der Waals surface area contributed by atoms with E-state index >= 15 is 0 Å². The van der Waals surface area contributed by atoms with Gasteiger partial charge in [0, 0.05) is 12.1 Å². The number of fused-ring (bicyclic) bond motifs is 1. The van der Waals surface area contributed by atoms with Gasteiger partial charge in [-0.25, -0.2) is 9.50 Å². The van der Waals surface area contributed by atoms with Gasteiger partial charge in [-0.1, -0.05) is 18.2 Å². The number of aromatic amines is 1. The first-order valence-electron chi connectivity index (χ1n) is 8.52. The third-order valence-corrected chi connectivity index (χ3v) is 4.06. The summed E-state index contributed by atoms with van der Waals surface area (Å²) >= 11 is 0. The highest BCUT2D eigenvalue weighted by molar-refractivity contribution is 5.77. The van der Waals surface area contributed by atoms with Gasteiger partial charge in [-0.3, -0.25) is 15.2 Å². The molecule has 2 aromatic heterocycles. The second-order valence-corrected chi connectivity index (χ2v) is 6.06. The van der Waals surface area contributed by atoms with Crippen molar-refractivity contribution in [1.82, 2.24) is 14.6 Å². The van der Waals surface area contributed by atoms with Gasteiger partial charge in [-0.2, -0.15) is 5.11 Å². The van der Waals surface area contributed by atoms with E-state index in [-0.39, 0.29) is 5.69 Å². The van der Waals surface area contributed by atoms with E-state index < -0.39 is 4.92 Å². The van der Waals surface area contributed by atoms with Crippen molar-refractivity contribution in [3.05, 3.63) is 70.4 Å². The number of hydrogen-bond acceptors (Lipinski definition) is 8. The van der Waals surface area contributed by atoms with E-state index in [1.807, 2.05) is 30.3 Å². The van der Waals surface area contributed by atoms with Gasteiger partial charge in [0.1, 0.15) is 5.82 Å². The lowest BCUT2D eigenvalue weighted by atomic mass is 10.3. The van der Waals surface area contributed by atoms with Gasteiger partial charge in [0.2, 0.25) is 0 Å². The highest BCUT2D eigenvalue weighted by Gasteiger charge is 2.17. The molecule has 2 heterocycles. The van der Waals surface area contributed by atoms with Crippen LogP contribution in [0.3, 0.4) is 0 Å². The number of imidazole rings is 1. The second kappa shape index (κ2) is 7.31. The molecule has 3 N–H and O–H groups in total. The van der Waals surface area contributed by atoms with Gasteiger partial charge in [0.15, 0.2) is 17.2 Å². The molecular weight excluding hydrogens is 374 g/mol. The van der Waals surface area contributed by atoms with Crippen LogP contribution in [-0.4, -0.2) is 19.5 Å². The molecule has 144 valence electrons. The lowest BCUT2D eigenvalue weighted by Crippen LogP contribution is -1.88. The van der Waals surface area contributed by atoms with E-state index in [1.54, 1.807) is 11.4 Å². The number of rotatable bonds is 5. The minimum absolute atomic E-state index is 0.0163. The topological polar surface area (TPSA) is 152 Å². The lowest BCUT2D eigenvalue weighted by molar-refractivity contribution is -0.384. The maximum absolute atomic E-state index is 10.7. The number of anilines is 1. The predicted molar refractivity (Wildman–Crippen MR) is 107 cm³/mol. The molecule has 0 saturated heterocycles. The average molecular weight is 389 g/mol. The molecule has 0 saturated carbocycles. The zero-order chi connectivity index (χ0) is 20.4. The average Bonchev–Trinajstić information content (AvgIpc) is 3.18. The molecule has 29 heavy (non-hydrogen) atoms. The Labute approximate surface area is 163 Å². The first kappa shape index (κ1) is 18.0. The summed E-state index contributed by atoms with van der Waals surface area (Å²) in [5.41, 5.74) is 8.64. The van der Waals surface area contributed by atoms with Crippen LogP contribution in [0.1, 0.15) is 5.69 Å². The maximum atomic E-state index is 10.7. The predicted octanol–water partition coefficient (Wildman–Crippen LogP) is 5.29. The van der Waals surface area contributed by atoms with Crippen molar-refractivity contribution >= 4 is 40.0 Å². The quantitative estimate of drug-likeness (QED) is 0.270. The van der Waals surface area contributed by atoms with E-state index in [2.05, 4.69) is 30.5 Å². The van der Waals surface area contributed by atoms with Gasteiger partial charge in [0.05, 0.1) is 22.0 Å². The van der Waals surface area contributed by atoms with Crippen molar-refractivity contribution in [2.24, 2.45) is 20.5 Å². The largest absolute Gasteiger partial charge is 0.382 e. The molecule has 0 radical (unpaired) electrons. The third kappa shape index (κ3) is 3.56. The summed E-state index contributed by atoms with van der Waals surface area (Å²) in [6, 6.07) is 15.0. The molecule has 0 unspecified atom stereocenters. The fraction of sp³-hybridized carbons (Fsp3) is 0.0556. The molecule has 0 aliphatic carbocycles. The molecule has 0 fully saturated rings. The molecular formula is C18H15N9O2. The first-order chi connectivity index (χ1) is 14.0. The molecule has 0 atom stereocenters. The Kier molecular flexibility index (Phi) is 4.53. The first-order valence-corrected chi connectivity index (χ1v) is 8.52. The Morgan fingerprint density at radius 3 is 2.34 bits per heavy atom. The standard InChI is InChI=1S/C18H15N9O2/c1-11-17(24-22-13-7-9-14(10-8-13)27(28)29)26-18(20-11)15(16(19)25-26)23-21-12-5-3-2-4-6-12/h2-10,25H,19H2,1H3. The highest BCUT2D eigenvalue weighted by Crippen LogP contribution is 2.33. The molecule has 0 aliphatic rings. The summed E-state index contributed by atoms with van der Waals surface area (Å²) < 4.78 is 1.57. The molecule has 11 heteroatoms. The molecule has 0 bridgehead atoms. The number of aryl methyl sites for hydroxylation is 1. The summed E-state index contributed by atoms with van der Waals surface area (Å²) in [6.07, 6.45) is 0. The van der Waals surface area contributed by atoms with Crippen LogP contribution in [-0.2, 0) is 0 Å². The minimum atomic E-state index is -0.473. The number of nitrogens with one attached hydrogen (secondary N) is 1. The van der Waals surface area contributed by atoms with Crippen molar-refractivity contribution in [2.45, 2.75) is 6.92 Å². The van der Waals surface area contributed by atoms with E-state index in [0.29, 0.717) is 40.0 Å². The number of nitrogens with two attached hydrogens (primary N) is 1. The number of nitrogen functional groups attached to an aromatic ring is 1. The summed E-state index contributed by atoms with van der Waals surface area (Å²) in [7, 11) is 0. The number of nitro benzene ring substituents is 1. The molecule has 4 rings (SSSR count). The molecule has 0 amide bonds. The number of benzene rings is 2. The normalized spacial score (nSPS) is 11.8. The smallest absolute Gasteiger partial charge is 0.269 e. The van der Waals surface area contributed by atoms with Crippen LogP contribution >= 0.6 is 0 Å². The van der Waals surface area contributed by atoms with E-state index in [9.17, 15) is 10.1 Å². The van der Waals surface area contributed by atoms with E-state index in [4.69, 9.17) is 5.73 Å². The summed E-state index contributed by atoms with van der Waals surface area (Å²) in [6.45, 7) is 1.78. The summed E-state index contributed by atoms with van der Waals surface area (Å²) in [5, 5.41) is 30.4. The van der Waals surface area contributed by atoms with Crippen LogP contribution in [0.2, 0.25) is 0 Å². The molecule has 0 spiro atoms. The number of H-pyrrole nitrogens is 1. The third-order valence-electron chi connectivity index (χ3n) is 4.06. The Bertz CT molecular complexity index is 1240.